The zero-order valence-corrected chi connectivity index (χ0v) is 13.5. The van der Waals surface area contributed by atoms with Gasteiger partial charge in [0.15, 0.2) is 0 Å². The molecule has 1 aromatic carbocycles. The number of alkyl halides is 3. The first-order valence-electron chi connectivity index (χ1n) is 7.43. The number of nitrogens with zero attached hydrogens (tertiary/aromatic N) is 1. The average Bonchev–Trinajstić information content (AvgIpc) is 2.98. The van der Waals surface area contributed by atoms with Gasteiger partial charge < -0.3 is 20.1 Å². The Bertz CT molecular complexity index is 522. The molecule has 0 saturated carbocycles. The number of rotatable bonds is 6. The molecule has 0 bridgehead atoms. The summed E-state index contributed by atoms with van der Waals surface area (Å²) in [5.41, 5.74) is 0.447. The Morgan fingerprint density at radius 2 is 2.00 bits per heavy atom. The lowest BCUT2D eigenvalue weighted by atomic mass is 10.0. The van der Waals surface area contributed by atoms with Crippen molar-refractivity contribution in [2.45, 2.75) is 31.3 Å². The van der Waals surface area contributed by atoms with Crippen LogP contribution in [0.3, 0.4) is 0 Å². The zero-order valence-electron chi connectivity index (χ0n) is 12.7. The lowest BCUT2D eigenvalue weighted by Gasteiger charge is -2.27. The molecule has 0 amide bonds. The summed E-state index contributed by atoms with van der Waals surface area (Å²) in [6, 6.07) is 3.59. The minimum atomic E-state index is -4.80. The summed E-state index contributed by atoms with van der Waals surface area (Å²) in [5, 5.41) is 13.3. The highest BCUT2D eigenvalue weighted by molar-refractivity contribution is 6.32. The van der Waals surface area contributed by atoms with Gasteiger partial charge in [-0.3, -0.25) is 0 Å². The minimum absolute atomic E-state index is 0.185. The largest absolute Gasteiger partial charge is 0.573 e. The molecule has 1 aliphatic rings. The molecule has 130 valence electrons. The first-order chi connectivity index (χ1) is 10.8. The molecule has 0 aliphatic carbocycles. The van der Waals surface area contributed by atoms with Crippen LogP contribution in [0.1, 0.15) is 24.5 Å². The van der Waals surface area contributed by atoms with E-state index in [0.717, 1.165) is 32.0 Å². The van der Waals surface area contributed by atoms with Crippen LogP contribution in [0.5, 0.6) is 5.75 Å². The maximum Gasteiger partial charge on any atom is 0.573 e. The van der Waals surface area contributed by atoms with Gasteiger partial charge in [-0.25, -0.2) is 0 Å². The van der Waals surface area contributed by atoms with E-state index >= 15 is 0 Å². The summed E-state index contributed by atoms with van der Waals surface area (Å²) in [6.07, 6.45) is -3.39. The van der Waals surface area contributed by atoms with E-state index in [4.69, 9.17) is 11.6 Å². The number of hydrogen-bond acceptors (Lipinski definition) is 4. The first-order valence-corrected chi connectivity index (χ1v) is 7.81. The summed E-state index contributed by atoms with van der Waals surface area (Å²) in [5.74, 6) is -0.476. The molecule has 1 aliphatic heterocycles. The van der Waals surface area contributed by atoms with Crippen LogP contribution in [-0.2, 0) is 0 Å². The second-order valence-electron chi connectivity index (χ2n) is 5.59. The second kappa shape index (κ2) is 7.70. The summed E-state index contributed by atoms with van der Waals surface area (Å²) in [7, 11) is 1.74. The third-order valence-electron chi connectivity index (χ3n) is 3.93. The third kappa shape index (κ3) is 5.24. The molecule has 2 N–H and O–H groups in total. The van der Waals surface area contributed by atoms with Crippen LogP contribution in [-0.4, -0.2) is 49.1 Å². The van der Waals surface area contributed by atoms with Crippen molar-refractivity contribution in [1.82, 2.24) is 10.2 Å². The van der Waals surface area contributed by atoms with E-state index in [1.807, 2.05) is 0 Å². The third-order valence-corrected chi connectivity index (χ3v) is 4.22. The van der Waals surface area contributed by atoms with Gasteiger partial charge in [0.1, 0.15) is 5.75 Å². The number of aliphatic hydroxyl groups is 1. The van der Waals surface area contributed by atoms with Crippen molar-refractivity contribution in [2.24, 2.45) is 0 Å². The van der Waals surface area contributed by atoms with Gasteiger partial charge >= 0.3 is 6.36 Å². The van der Waals surface area contributed by atoms with Crippen LogP contribution < -0.4 is 10.1 Å². The molecular formula is C15H20ClF3N2O2. The quantitative estimate of drug-likeness (QED) is 0.826. The van der Waals surface area contributed by atoms with Gasteiger partial charge in [-0.1, -0.05) is 17.7 Å². The van der Waals surface area contributed by atoms with Crippen LogP contribution >= 0.6 is 11.6 Å². The molecular weight excluding hydrogens is 333 g/mol. The molecule has 4 nitrogen and oxygen atoms in total. The van der Waals surface area contributed by atoms with Crippen molar-refractivity contribution in [1.29, 1.82) is 0 Å². The molecule has 0 spiro atoms. The maximum absolute atomic E-state index is 12.2. The predicted molar refractivity (Wildman–Crippen MR) is 81.6 cm³/mol. The fourth-order valence-corrected chi connectivity index (χ4v) is 2.96. The molecule has 1 heterocycles. The van der Waals surface area contributed by atoms with E-state index < -0.39 is 18.2 Å². The van der Waals surface area contributed by atoms with Gasteiger partial charge in [-0.15, -0.1) is 13.2 Å². The van der Waals surface area contributed by atoms with Gasteiger partial charge in [-0.2, -0.15) is 0 Å². The van der Waals surface area contributed by atoms with E-state index in [1.54, 1.807) is 7.05 Å². The fraction of sp³-hybridized carbons (Fsp3) is 0.600. The van der Waals surface area contributed by atoms with Crippen molar-refractivity contribution in [2.75, 3.05) is 26.7 Å². The summed E-state index contributed by atoms with van der Waals surface area (Å²) >= 11 is 5.83. The molecule has 1 aromatic rings. The number of aliphatic hydroxyl groups excluding tert-OH is 1. The van der Waals surface area contributed by atoms with Crippen LogP contribution in [0.4, 0.5) is 13.2 Å². The van der Waals surface area contributed by atoms with Crippen LogP contribution in [0.25, 0.3) is 0 Å². The molecule has 23 heavy (non-hydrogen) atoms. The highest BCUT2D eigenvalue weighted by Gasteiger charge is 2.32. The molecule has 8 heteroatoms. The van der Waals surface area contributed by atoms with E-state index in [1.165, 1.54) is 12.1 Å². The smallest absolute Gasteiger partial charge is 0.404 e. The fourth-order valence-electron chi connectivity index (χ4n) is 2.73. The Morgan fingerprint density at radius 1 is 1.35 bits per heavy atom. The zero-order chi connectivity index (χ0) is 17.0. The van der Waals surface area contributed by atoms with Crippen LogP contribution in [0.2, 0.25) is 5.02 Å². The highest BCUT2D eigenvalue weighted by atomic mass is 35.5. The number of benzene rings is 1. The predicted octanol–water partition coefficient (Wildman–Crippen LogP) is 2.96. The lowest BCUT2D eigenvalue weighted by Crippen LogP contribution is -2.42. The van der Waals surface area contributed by atoms with Crippen molar-refractivity contribution in [3.8, 4) is 5.75 Å². The Morgan fingerprint density at radius 3 is 2.52 bits per heavy atom. The second-order valence-corrected chi connectivity index (χ2v) is 5.99. The Hall–Kier alpha value is -1.02. The van der Waals surface area contributed by atoms with E-state index in [0.29, 0.717) is 12.1 Å². The molecule has 2 rings (SSSR count). The van der Waals surface area contributed by atoms with E-state index in [-0.39, 0.29) is 11.1 Å². The number of halogens is 4. The van der Waals surface area contributed by atoms with Crippen LogP contribution in [0, 0.1) is 0 Å². The average molecular weight is 353 g/mol. The molecule has 2 atom stereocenters. The molecule has 1 fully saturated rings. The number of nitrogens with one attached hydrogen (secondary N) is 1. The van der Waals surface area contributed by atoms with Crippen molar-refractivity contribution >= 4 is 11.6 Å². The number of likely N-dealkylation sites (N-methyl/N-ethyl adjacent to an activating group) is 1. The SMILES string of the molecule is CNC(CN1CCCC1)C(O)c1ccc(OC(F)(F)F)c(Cl)c1. The lowest BCUT2D eigenvalue weighted by molar-refractivity contribution is -0.274. The van der Waals surface area contributed by atoms with Gasteiger partial charge in [0, 0.05) is 12.6 Å². The van der Waals surface area contributed by atoms with Gasteiger partial charge in [0.05, 0.1) is 11.1 Å². The van der Waals surface area contributed by atoms with Gasteiger partial charge in [0.25, 0.3) is 0 Å². The van der Waals surface area contributed by atoms with Gasteiger partial charge in [0.2, 0.25) is 0 Å². The van der Waals surface area contributed by atoms with Gasteiger partial charge in [-0.05, 0) is 50.7 Å². The monoisotopic (exact) mass is 352 g/mol. The normalized spacial score (nSPS) is 18.9. The summed E-state index contributed by atoms with van der Waals surface area (Å²) in [6.45, 7) is 2.64. The molecule has 0 radical (unpaired) electrons. The summed E-state index contributed by atoms with van der Waals surface area (Å²) < 4.78 is 40.6. The van der Waals surface area contributed by atoms with Crippen molar-refractivity contribution in [3.05, 3.63) is 28.8 Å². The Kier molecular flexibility index (Phi) is 6.13. The minimum Gasteiger partial charge on any atom is -0.404 e. The molecule has 0 aromatic heterocycles. The van der Waals surface area contributed by atoms with Crippen molar-refractivity contribution < 1.29 is 23.0 Å². The number of ether oxygens (including phenoxy) is 1. The summed E-state index contributed by atoms with van der Waals surface area (Å²) in [4.78, 5) is 2.24. The molecule has 2 unspecified atom stereocenters. The Labute approximate surface area is 138 Å². The Balaban J connectivity index is 2.08. The standard InChI is InChI=1S/C15H20ClF3N2O2/c1-20-12(9-21-6-2-3-7-21)14(22)10-4-5-13(11(16)8-10)23-15(17,18)19/h4-5,8,12,14,20,22H,2-3,6-7,9H2,1H3. The molecule has 1 saturated heterocycles. The van der Waals surface area contributed by atoms with E-state index in [2.05, 4.69) is 15.0 Å². The topological polar surface area (TPSA) is 44.7 Å². The van der Waals surface area contributed by atoms with E-state index in [9.17, 15) is 18.3 Å². The maximum atomic E-state index is 12.2. The number of hydrogen-bond donors (Lipinski definition) is 2. The first kappa shape index (κ1) is 18.3. The van der Waals surface area contributed by atoms with Crippen LogP contribution in [0.15, 0.2) is 18.2 Å². The highest BCUT2D eigenvalue weighted by Crippen LogP contribution is 2.33. The number of likely N-dealkylation sites (tertiary alicyclic amines) is 1. The van der Waals surface area contributed by atoms with Crippen molar-refractivity contribution in [3.63, 3.8) is 0 Å².